The van der Waals surface area contributed by atoms with Crippen LogP contribution in [0.2, 0.25) is 0 Å². The van der Waals surface area contributed by atoms with Gasteiger partial charge < -0.3 is 26.0 Å². The number of hydrogen-bond donors (Lipinski definition) is 3. The van der Waals surface area contributed by atoms with Crippen LogP contribution >= 0.6 is 0 Å². The second kappa shape index (κ2) is 8.85. The summed E-state index contributed by atoms with van der Waals surface area (Å²) in [5, 5.41) is 6.25. The van der Waals surface area contributed by atoms with Crippen LogP contribution in [0.25, 0.3) is 0 Å². The number of carbonyl (C=O) groups excluding carboxylic acids is 2. The van der Waals surface area contributed by atoms with Gasteiger partial charge in [0, 0.05) is 31.7 Å². The Hall–Kier alpha value is -1.34. The Balaban J connectivity index is 1.36. The second-order valence-corrected chi connectivity index (χ2v) is 7.61. The molecule has 2 aliphatic heterocycles. The zero-order valence-corrected chi connectivity index (χ0v) is 15.0. The van der Waals surface area contributed by atoms with Crippen LogP contribution in [0.15, 0.2) is 0 Å². The molecule has 0 aromatic rings. The molecule has 3 amide bonds. The zero-order chi connectivity index (χ0) is 17.6. The minimum atomic E-state index is -0.360. The fourth-order valence-electron chi connectivity index (χ4n) is 4.11. The number of rotatable bonds is 4. The Kier molecular flexibility index (Phi) is 6.53. The van der Waals surface area contributed by atoms with Crippen LogP contribution in [0.4, 0.5) is 4.79 Å². The maximum atomic E-state index is 12.4. The van der Waals surface area contributed by atoms with Crippen LogP contribution in [0, 0.1) is 0 Å². The van der Waals surface area contributed by atoms with Crippen LogP contribution < -0.4 is 16.4 Å². The first-order chi connectivity index (χ1) is 12.2. The second-order valence-electron chi connectivity index (χ2n) is 7.61. The van der Waals surface area contributed by atoms with Crippen molar-refractivity contribution in [2.45, 2.75) is 82.1 Å². The Bertz CT molecular complexity index is 459. The highest BCUT2D eigenvalue weighted by Crippen LogP contribution is 2.20. The van der Waals surface area contributed by atoms with Crippen molar-refractivity contribution >= 4 is 11.9 Å². The molecule has 0 spiro atoms. The standard InChI is InChI=1S/C18H32N4O3/c19-12-15-6-7-16(25-15)17(23)20-14-8-10-22(11-9-14)18(24)21-13-4-2-1-3-5-13/h13-16H,1-12,19H2,(H,20,23)(H,21,24)/t15-,16+/m1/s1. The number of carbonyl (C=O) groups is 2. The third-order valence-electron chi connectivity index (χ3n) is 5.72. The van der Waals surface area contributed by atoms with Crippen LogP contribution in [-0.2, 0) is 9.53 Å². The van der Waals surface area contributed by atoms with Crippen LogP contribution in [0.3, 0.4) is 0 Å². The molecule has 2 atom stereocenters. The lowest BCUT2D eigenvalue weighted by molar-refractivity contribution is -0.132. The lowest BCUT2D eigenvalue weighted by atomic mass is 9.95. The number of piperidine rings is 1. The SMILES string of the molecule is NC[C@H]1CC[C@@H](C(=O)NC2CCN(C(=O)NC3CCCCC3)CC2)O1. The summed E-state index contributed by atoms with van der Waals surface area (Å²) < 4.78 is 5.65. The highest BCUT2D eigenvalue weighted by atomic mass is 16.5. The quantitative estimate of drug-likeness (QED) is 0.706. The molecular formula is C18H32N4O3. The van der Waals surface area contributed by atoms with Crippen molar-refractivity contribution in [2.75, 3.05) is 19.6 Å². The number of hydrogen-bond acceptors (Lipinski definition) is 4. The summed E-state index contributed by atoms with van der Waals surface area (Å²) in [5.41, 5.74) is 5.59. The van der Waals surface area contributed by atoms with Gasteiger partial charge in [-0.15, -0.1) is 0 Å². The first kappa shape index (κ1) is 18.5. The monoisotopic (exact) mass is 352 g/mol. The molecule has 2 heterocycles. The average molecular weight is 352 g/mol. The zero-order valence-electron chi connectivity index (χ0n) is 15.0. The Morgan fingerprint density at radius 1 is 0.920 bits per heavy atom. The highest BCUT2D eigenvalue weighted by Gasteiger charge is 2.32. The summed E-state index contributed by atoms with van der Waals surface area (Å²) in [6.45, 7) is 1.86. The Morgan fingerprint density at radius 3 is 2.24 bits per heavy atom. The highest BCUT2D eigenvalue weighted by molar-refractivity contribution is 5.81. The van der Waals surface area contributed by atoms with Gasteiger partial charge in [-0.25, -0.2) is 4.79 Å². The summed E-state index contributed by atoms with van der Waals surface area (Å²) >= 11 is 0. The molecule has 3 aliphatic rings. The van der Waals surface area contributed by atoms with E-state index in [1.54, 1.807) is 0 Å². The Morgan fingerprint density at radius 2 is 1.60 bits per heavy atom. The van der Waals surface area contributed by atoms with Gasteiger partial charge in [0.05, 0.1) is 6.10 Å². The van der Waals surface area contributed by atoms with E-state index in [2.05, 4.69) is 10.6 Å². The van der Waals surface area contributed by atoms with Crippen molar-refractivity contribution in [3.8, 4) is 0 Å². The van der Waals surface area contributed by atoms with Crippen LogP contribution in [0.1, 0.15) is 57.8 Å². The number of nitrogens with one attached hydrogen (secondary N) is 2. The topological polar surface area (TPSA) is 96.7 Å². The molecule has 0 unspecified atom stereocenters. The number of amides is 3. The fraction of sp³-hybridized carbons (Fsp3) is 0.889. The van der Waals surface area contributed by atoms with Crippen molar-refractivity contribution < 1.29 is 14.3 Å². The van der Waals surface area contributed by atoms with E-state index in [1.165, 1.54) is 19.3 Å². The summed E-state index contributed by atoms with van der Waals surface area (Å²) in [4.78, 5) is 26.5. The first-order valence-corrected chi connectivity index (χ1v) is 9.87. The molecular weight excluding hydrogens is 320 g/mol. The molecule has 0 bridgehead atoms. The Labute approximate surface area is 150 Å². The van der Waals surface area contributed by atoms with E-state index in [0.717, 1.165) is 38.5 Å². The lowest BCUT2D eigenvalue weighted by Crippen LogP contribution is -2.52. The predicted molar refractivity (Wildman–Crippen MR) is 95.1 cm³/mol. The molecule has 25 heavy (non-hydrogen) atoms. The molecule has 0 radical (unpaired) electrons. The van der Waals surface area contributed by atoms with Gasteiger partial charge in [0.25, 0.3) is 0 Å². The van der Waals surface area contributed by atoms with Crippen molar-refractivity contribution in [1.29, 1.82) is 0 Å². The first-order valence-electron chi connectivity index (χ1n) is 9.87. The lowest BCUT2D eigenvalue weighted by Gasteiger charge is -2.34. The maximum Gasteiger partial charge on any atom is 0.317 e. The molecule has 3 fully saturated rings. The molecule has 7 nitrogen and oxygen atoms in total. The summed E-state index contributed by atoms with van der Waals surface area (Å²) in [6, 6.07) is 0.530. The number of urea groups is 1. The largest absolute Gasteiger partial charge is 0.364 e. The molecule has 2 saturated heterocycles. The molecule has 4 N–H and O–H groups in total. The van der Waals surface area contributed by atoms with Crippen LogP contribution in [-0.4, -0.2) is 60.8 Å². The van der Waals surface area contributed by atoms with Crippen molar-refractivity contribution in [2.24, 2.45) is 5.73 Å². The third-order valence-corrected chi connectivity index (χ3v) is 5.72. The number of nitrogens with zero attached hydrogens (tertiary/aromatic N) is 1. The molecule has 7 heteroatoms. The van der Waals surface area contributed by atoms with Gasteiger partial charge in [-0.3, -0.25) is 4.79 Å². The van der Waals surface area contributed by atoms with Gasteiger partial charge in [-0.1, -0.05) is 19.3 Å². The van der Waals surface area contributed by atoms with Gasteiger partial charge in [-0.2, -0.15) is 0 Å². The number of likely N-dealkylation sites (tertiary alicyclic amines) is 1. The molecule has 1 saturated carbocycles. The molecule has 0 aromatic heterocycles. The summed E-state index contributed by atoms with van der Waals surface area (Å²) in [7, 11) is 0. The van der Waals surface area contributed by atoms with Gasteiger partial charge in [0.15, 0.2) is 0 Å². The van der Waals surface area contributed by atoms with Crippen LogP contribution in [0.5, 0.6) is 0 Å². The van der Waals surface area contributed by atoms with Gasteiger partial charge in [-0.05, 0) is 38.5 Å². The molecule has 142 valence electrons. The van der Waals surface area contributed by atoms with Gasteiger partial charge in [0.1, 0.15) is 6.10 Å². The smallest absolute Gasteiger partial charge is 0.317 e. The number of ether oxygens (including phenoxy) is 1. The van der Waals surface area contributed by atoms with Gasteiger partial charge >= 0.3 is 6.03 Å². The molecule has 1 aliphatic carbocycles. The van der Waals surface area contributed by atoms with Crippen molar-refractivity contribution in [3.63, 3.8) is 0 Å². The summed E-state index contributed by atoms with van der Waals surface area (Å²) in [6.07, 6.45) is 8.78. The summed E-state index contributed by atoms with van der Waals surface area (Å²) in [5.74, 6) is -0.0268. The minimum absolute atomic E-state index is 0.0149. The average Bonchev–Trinajstić information content (AvgIpc) is 3.12. The van der Waals surface area contributed by atoms with E-state index >= 15 is 0 Å². The van der Waals surface area contributed by atoms with E-state index in [1.807, 2.05) is 4.90 Å². The van der Waals surface area contributed by atoms with E-state index in [9.17, 15) is 9.59 Å². The molecule has 3 rings (SSSR count). The normalized spacial score (nSPS) is 28.8. The molecule has 0 aromatic carbocycles. The van der Waals surface area contributed by atoms with E-state index in [0.29, 0.717) is 25.7 Å². The predicted octanol–water partition coefficient (Wildman–Crippen LogP) is 1.12. The van der Waals surface area contributed by atoms with E-state index in [4.69, 9.17) is 10.5 Å². The maximum absolute atomic E-state index is 12.4. The number of nitrogens with two attached hydrogens (primary N) is 1. The van der Waals surface area contributed by atoms with Crippen molar-refractivity contribution in [3.05, 3.63) is 0 Å². The van der Waals surface area contributed by atoms with Gasteiger partial charge in [0.2, 0.25) is 5.91 Å². The fourth-order valence-corrected chi connectivity index (χ4v) is 4.11. The van der Waals surface area contributed by atoms with Crippen molar-refractivity contribution in [1.82, 2.24) is 15.5 Å². The van der Waals surface area contributed by atoms with E-state index in [-0.39, 0.29) is 30.2 Å². The van der Waals surface area contributed by atoms with E-state index < -0.39 is 0 Å². The third kappa shape index (κ3) is 5.07. The minimum Gasteiger partial charge on any atom is -0.364 e.